The summed E-state index contributed by atoms with van der Waals surface area (Å²) in [7, 11) is 1.61. The van der Waals surface area contributed by atoms with Gasteiger partial charge in [-0.15, -0.1) is 0 Å². The van der Waals surface area contributed by atoms with E-state index in [1.165, 1.54) is 0 Å². The molecule has 2 aromatic carbocycles. The number of benzene rings is 2. The van der Waals surface area contributed by atoms with Gasteiger partial charge in [0, 0.05) is 35.6 Å². The number of nitrogens with zero attached hydrogens (tertiary/aromatic N) is 3. The maximum Gasteiger partial charge on any atom is 0.224 e. The predicted octanol–water partition coefficient (Wildman–Crippen LogP) is 4.26. The van der Waals surface area contributed by atoms with Crippen molar-refractivity contribution in [2.24, 2.45) is 0 Å². The van der Waals surface area contributed by atoms with E-state index in [-0.39, 0.29) is 18.5 Å². The molecule has 4 rings (SSSR count). The molecule has 0 unspecified atom stereocenters. The number of amides is 1. The number of pyridine rings is 1. The molecular weight excluding hydrogens is 426 g/mol. The number of hydrogen-bond acceptors (Lipinski definition) is 4. The average Bonchev–Trinajstić information content (AvgIpc) is 3.26. The third-order valence-electron chi connectivity index (χ3n) is 5.13. The second-order valence-electron chi connectivity index (χ2n) is 7.37. The molecule has 6 nitrogen and oxygen atoms in total. The first kappa shape index (κ1) is 22.1. The second kappa shape index (κ2) is 10.0. The zero-order chi connectivity index (χ0) is 23.2. The Hall–Kier alpha value is -4.07. The van der Waals surface area contributed by atoms with Gasteiger partial charge in [-0.3, -0.25) is 14.5 Å². The predicted molar refractivity (Wildman–Crippen MR) is 121 cm³/mol. The Morgan fingerprint density at radius 3 is 2.61 bits per heavy atom. The van der Waals surface area contributed by atoms with Crippen LogP contribution in [0.25, 0.3) is 22.5 Å². The van der Waals surface area contributed by atoms with Gasteiger partial charge < -0.3 is 10.1 Å². The molecule has 0 atom stereocenters. The van der Waals surface area contributed by atoms with Gasteiger partial charge in [0.1, 0.15) is 17.4 Å². The first-order chi connectivity index (χ1) is 16.0. The van der Waals surface area contributed by atoms with Gasteiger partial charge >= 0.3 is 0 Å². The molecular formula is C25H22F2N4O2. The van der Waals surface area contributed by atoms with E-state index in [0.717, 1.165) is 46.5 Å². The molecule has 0 aliphatic heterocycles. The summed E-state index contributed by atoms with van der Waals surface area (Å²) in [6.07, 6.45) is 3.20. The van der Waals surface area contributed by atoms with Crippen molar-refractivity contribution in [2.75, 3.05) is 13.7 Å². The van der Waals surface area contributed by atoms with Crippen molar-refractivity contribution in [1.82, 2.24) is 20.1 Å². The van der Waals surface area contributed by atoms with Gasteiger partial charge in [-0.1, -0.05) is 0 Å². The number of rotatable bonds is 8. The average molecular weight is 448 g/mol. The van der Waals surface area contributed by atoms with Gasteiger partial charge in [0.15, 0.2) is 0 Å². The molecule has 0 bridgehead atoms. The van der Waals surface area contributed by atoms with Crippen LogP contribution in [0.5, 0.6) is 5.75 Å². The summed E-state index contributed by atoms with van der Waals surface area (Å²) < 4.78 is 34.1. The van der Waals surface area contributed by atoms with E-state index in [2.05, 4.69) is 10.3 Å². The first-order valence-electron chi connectivity index (χ1n) is 10.4. The molecule has 0 aliphatic carbocycles. The lowest BCUT2D eigenvalue weighted by Crippen LogP contribution is -2.29. The second-order valence-corrected chi connectivity index (χ2v) is 7.37. The van der Waals surface area contributed by atoms with Crippen molar-refractivity contribution in [3.8, 4) is 28.3 Å². The molecule has 168 valence electrons. The molecule has 1 N–H and O–H groups in total. The van der Waals surface area contributed by atoms with Crippen molar-refractivity contribution in [1.29, 1.82) is 0 Å². The smallest absolute Gasteiger partial charge is 0.224 e. The van der Waals surface area contributed by atoms with Crippen LogP contribution >= 0.6 is 0 Å². The van der Waals surface area contributed by atoms with E-state index >= 15 is 0 Å². The highest BCUT2D eigenvalue weighted by Crippen LogP contribution is 2.27. The fraction of sp³-hybridized carbons (Fsp3) is 0.160. The van der Waals surface area contributed by atoms with E-state index in [4.69, 9.17) is 9.84 Å². The highest BCUT2D eigenvalue weighted by atomic mass is 19.1. The number of carbonyl (C=O) groups excluding carboxylic acids is 1. The van der Waals surface area contributed by atoms with E-state index < -0.39 is 17.5 Å². The summed E-state index contributed by atoms with van der Waals surface area (Å²) in [6.45, 7) is 0.657. The van der Waals surface area contributed by atoms with Crippen LogP contribution in [0.1, 0.15) is 5.56 Å². The molecule has 8 heteroatoms. The zero-order valence-electron chi connectivity index (χ0n) is 18.0. The number of aromatic nitrogens is 3. The summed E-state index contributed by atoms with van der Waals surface area (Å²) in [5, 5.41) is 7.45. The minimum atomic E-state index is -0.610. The van der Waals surface area contributed by atoms with Crippen LogP contribution in [0.2, 0.25) is 0 Å². The van der Waals surface area contributed by atoms with Crippen LogP contribution in [0.15, 0.2) is 73.1 Å². The fourth-order valence-corrected chi connectivity index (χ4v) is 3.45. The summed E-state index contributed by atoms with van der Waals surface area (Å²) in [4.78, 5) is 16.4. The van der Waals surface area contributed by atoms with E-state index in [0.29, 0.717) is 6.54 Å². The largest absolute Gasteiger partial charge is 0.497 e. The van der Waals surface area contributed by atoms with Crippen LogP contribution in [-0.2, 0) is 17.8 Å². The number of carbonyl (C=O) groups is 1. The molecule has 4 aromatic rings. The van der Waals surface area contributed by atoms with Gasteiger partial charge in [0.05, 0.1) is 31.5 Å². The van der Waals surface area contributed by atoms with Gasteiger partial charge in [-0.25, -0.2) is 8.78 Å². The minimum Gasteiger partial charge on any atom is -0.497 e. The van der Waals surface area contributed by atoms with Crippen molar-refractivity contribution < 1.29 is 18.3 Å². The van der Waals surface area contributed by atoms with Crippen LogP contribution < -0.4 is 10.1 Å². The summed E-state index contributed by atoms with van der Waals surface area (Å²) in [6, 6.07) is 16.4. The van der Waals surface area contributed by atoms with Crippen molar-refractivity contribution in [3.05, 3.63) is 90.3 Å². The van der Waals surface area contributed by atoms with Crippen LogP contribution in [0.3, 0.4) is 0 Å². The van der Waals surface area contributed by atoms with Gasteiger partial charge in [-0.05, 0) is 60.7 Å². The Labute approximate surface area is 189 Å². The minimum absolute atomic E-state index is 0.0180. The summed E-state index contributed by atoms with van der Waals surface area (Å²) in [5.74, 6) is -0.836. The number of hydrogen-bond donors (Lipinski definition) is 1. The molecule has 0 aliphatic rings. The lowest BCUT2D eigenvalue weighted by Gasteiger charge is -2.09. The lowest BCUT2D eigenvalue weighted by molar-refractivity contribution is -0.120. The molecule has 0 saturated carbocycles. The number of ether oxygens (including phenoxy) is 1. The fourth-order valence-electron chi connectivity index (χ4n) is 3.45. The van der Waals surface area contributed by atoms with E-state index in [9.17, 15) is 13.6 Å². The molecule has 0 radical (unpaired) electrons. The number of methoxy groups -OCH3 is 1. The molecule has 0 spiro atoms. The molecule has 2 aromatic heterocycles. The number of halogens is 2. The Morgan fingerprint density at radius 1 is 1.06 bits per heavy atom. The van der Waals surface area contributed by atoms with Crippen LogP contribution in [-0.4, -0.2) is 34.3 Å². The monoisotopic (exact) mass is 448 g/mol. The summed E-state index contributed by atoms with van der Waals surface area (Å²) in [5.41, 5.74) is 3.44. The van der Waals surface area contributed by atoms with Crippen molar-refractivity contribution in [2.45, 2.75) is 13.0 Å². The maximum atomic E-state index is 13.8. The zero-order valence-corrected chi connectivity index (χ0v) is 18.0. The Bertz CT molecular complexity index is 1240. The Morgan fingerprint density at radius 2 is 1.88 bits per heavy atom. The molecule has 33 heavy (non-hydrogen) atoms. The normalized spacial score (nSPS) is 10.8. The lowest BCUT2D eigenvalue weighted by atomic mass is 10.1. The topological polar surface area (TPSA) is 69.0 Å². The molecule has 0 saturated heterocycles. The maximum absolute atomic E-state index is 13.8. The summed E-state index contributed by atoms with van der Waals surface area (Å²) >= 11 is 0. The quantitative estimate of drug-likeness (QED) is 0.437. The van der Waals surface area contributed by atoms with Crippen LogP contribution in [0.4, 0.5) is 8.78 Å². The standard InChI is InChI=1S/C25H22F2N4O2/c1-33-21-7-4-17(5-8-21)23-15-24(18-3-2-10-28-16-18)31(30-23)12-11-29-25(32)14-19-13-20(26)6-9-22(19)27/h2-10,13,15-16H,11-12,14H2,1H3,(H,29,32). The van der Waals surface area contributed by atoms with Gasteiger partial charge in [0.2, 0.25) is 5.91 Å². The Balaban J connectivity index is 1.49. The molecule has 0 fully saturated rings. The third-order valence-corrected chi connectivity index (χ3v) is 5.13. The van der Waals surface area contributed by atoms with E-state index in [1.807, 2.05) is 42.5 Å². The van der Waals surface area contributed by atoms with Crippen LogP contribution in [0, 0.1) is 11.6 Å². The van der Waals surface area contributed by atoms with Gasteiger partial charge in [0.25, 0.3) is 0 Å². The highest BCUT2D eigenvalue weighted by Gasteiger charge is 2.13. The third kappa shape index (κ3) is 5.41. The number of nitrogens with one attached hydrogen (secondary N) is 1. The van der Waals surface area contributed by atoms with Crippen molar-refractivity contribution >= 4 is 5.91 Å². The van der Waals surface area contributed by atoms with E-state index in [1.54, 1.807) is 24.2 Å². The highest BCUT2D eigenvalue weighted by molar-refractivity contribution is 5.78. The molecule has 2 heterocycles. The SMILES string of the molecule is COc1ccc(-c2cc(-c3cccnc3)n(CCNC(=O)Cc3cc(F)ccc3F)n2)cc1. The Kier molecular flexibility index (Phi) is 6.73. The first-order valence-corrected chi connectivity index (χ1v) is 10.4. The van der Waals surface area contributed by atoms with Crippen molar-refractivity contribution in [3.63, 3.8) is 0 Å². The molecule has 1 amide bonds. The van der Waals surface area contributed by atoms with Gasteiger partial charge in [-0.2, -0.15) is 5.10 Å².